The van der Waals surface area contributed by atoms with Gasteiger partial charge in [-0.3, -0.25) is 4.79 Å². The highest BCUT2D eigenvalue weighted by Crippen LogP contribution is 2.33. The van der Waals surface area contributed by atoms with Gasteiger partial charge in [0.05, 0.1) is 5.41 Å². The van der Waals surface area contributed by atoms with E-state index in [4.69, 9.17) is 4.74 Å². The minimum atomic E-state index is -0.472. The third-order valence-corrected chi connectivity index (χ3v) is 3.83. The summed E-state index contributed by atoms with van der Waals surface area (Å²) in [7, 11) is 0. The van der Waals surface area contributed by atoms with Crippen LogP contribution in [0, 0.1) is 11.3 Å². The van der Waals surface area contributed by atoms with E-state index in [9.17, 15) is 4.79 Å². The first-order valence-electron chi connectivity index (χ1n) is 8.01. The molecule has 0 aromatic heterocycles. The van der Waals surface area contributed by atoms with Gasteiger partial charge in [-0.05, 0) is 58.8 Å². The van der Waals surface area contributed by atoms with Crippen molar-refractivity contribution < 1.29 is 9.53 Å². The maximum absolute atomic E-state index is 11.8. The minimum absolute atomic E-state index is 0.202. The van der Waals surface area contributed by atoms with Crippen LogP contribution < -0.4 is 0 Å². The molecule has 1 aliphatic carbocycles. The third-order valence-electron chi connectivity index (χ3n) is 3.83. The monoisotopic (exact) mass is 290 g/mol. The maximum atomic E-state index is 11.8. The Morgan fingerprint density at radius 2 is 2.14 bits per heavy atom. The topological polar surface area (TPSA) is 26.3 Å². The summed E-state index contributed by atoms with van der Waals surface area (Å²) in [4.78, 5) is 11.8. The fourth-order valence-corrected chi connectivity index (χ4v) is 2.53. The van der Waals surface area contributed by atoms with E-state index >= 15 is 0 Å². The van der Waals surface area contributed by atoms with Gasteiger partial charge in [-0.1, -0.05) is 30.7 Å². The van der Waals surface area contributed by atoms with Gasteiger partial charge in [0, 0.05) is 6.42 Å². The number of carbonyl (C=O) groups is 1. The highest BCUT2D eigenvalue weighted by Gasteiger charge is 2.25. The van der Waals surface area contributed by atoms with Crippen molar-refractivity contribution in [1.82, 2.24) is 0 Å². The van der Waals surface area contributed by atoms with Crippen molar-refractivity contribution >= 4 is 5.97 Å². The number of allylic oxidation sites excluding steroid dienone is 3. The van der Waals surface area contributed by atoms with Crippen molar-refractivity contribution in [1.29, 1.82) is 0 Å². The lowest BCUT2D eigenvalue weighted by Gasteiger charge is -2.18. The van der Waals surface area contributed by atoms with Crippen LogP contribution >= 0.6 is 0 Å². The average Bonchev–Trinajstić information content (AvgIpc) is 2.81. The molecule has 0 heterocycles. The molecule has 0 amide bonds. The molecule has 0 aliphatic heterocycles. The van der Waals surface area contributed by atoms with Crippen molar-refractivity contribution in [3.8, 4) is 0 Å². The molecule has 0 saturated heterocycles. The molecule has 0 aromatic carbocycles. The van der Waals surface area contributed by atoms with E-state index in [1.54, 1.807) is 0 Å². The Morgan fingerprint density at radius 3 is 2.76 bits per heavy atom. The smallest absolute Gasteiger partial charge is 0.316 e. The van der Waals surface area contributed by atoms with Crippen molar-refractivity contribution in [3.05, 3.63) is 36.6 Å². The summed E-state index contributed by atoms with van der Waals surface area (Å²) < 4.78 is 5.34. The molecule has 0 spiro atoms. The Hall–Kier alpha value is -1.31. The average molecular weight is 290 g/mol. The Bertz CT molecular complexity index is 410. The lowest BCUT2D eigenvalue weighted by atomic mass is 9.96. The van der Waals surface area contributed by atoms with E-state index in [0.717, 1.165) is 25.2 Å². The first-order chi connectivity index (χ1) is 9.82. The SMILES string of the molecule is C=CCCCCC1CC=C(CC(=C)OC(=O)C(C)(C)C)C1. The molecule has 2 nitrogen and oxygen atoms in total. The molecule has 0 aromatic rings. The van der Waals surface area contributed by atoms with Crippen LogP contribution in [0.3, 0.4) is 0 Å². The summed E-state index contributed by atoms with van der Waals surface area (Å²) in [6, 6.07) is 0. The van der Waals surface area contributed by atoms with Crippen molar-refractivity contribution in [3.63, 3.8) is 0 Å². The van der Waals surface area contributed by atoms with E-state index in [2.05, 4.69) is 19.2 Å². The molecular weight excluding hydrogens is 260 g/mol. The number of rotatable bonds is 8. The predicted molar refractivity (Wildman–Crippen MR) is 88.8 cm³/mol. The normalized spacial score (nSPS) is 18.2. The second kappa shape index (κ2) is 8.21. The molecule has 2 heteroatoms. The lowest BCUT2D eigenvalue weighted by molar-refractivity contribution is -0.148. The second-order valence-corrected chi connectivity index (χ2v) is 7.10. The summed E-state index contributed by atoms with van der Waals surface area (Å²) in [6.07, 6.45) is 12.2. The summed E-state index contributed by atoms with van der Waals surface area (Å²) in [5.74, 6) is 1.14. The zero-order valence-corrected chi connectivity index (χ0v) is 13.9. The van der Waals surface area contributed by atoms with Gasteiger partial charge >= 0.3 is 5.97 Å². The first-order valence-corrected chi connectivity index (χ1v) is 8.01. The van der Waals surface area contributed by atoms with Gasteiger partial charge in [-0.15, -0.1) is 6.58 Å². The molecule has 1 atom stereocenters. The van der Waals surface area contributed by atoms with E-state index in [-0.39, 0.29) is 5.97 Å². The van der Waals surface area contributed by atoms with Gasteiger partial charge in [-0.25, -0.2) is 0 Å². The quantitative estimate of drug-likeness (QED) is 0.253. The van der Waals surface area contributed by atoms with Gasteiger partial charge in [0.15, 0.2) is 0 Å². The van der Waals surface area contributed by atoms with E-state index in [1.807, 2.05) is 26.8 Å². The maximum Gasteiger partial charge on any atom is 0.316 e. The predicted octanol–water partition coefficient (Wildman–Crippen LogP) is 5.56. The Morgan fingerprint density at radius 1 is 1.43 bits per heavy atom. The fraction of sp³-hybridized carbons (Fsp3) is 0.632. The largest absolute Gasteiger partial charge is 0.431 e. The second-order valence-electron chi connectivity index (χ2n) is 7.10. The third kappa shape index (κ3) is 6.79. The highest BCUT2D eigenvalue weighted by molar-refractivity contribution is 5.76. The van der Waals surface area contributed by atoms with Gasteiger partial charge in [0.1, 0.15) is 5.76 Å². The lowest BCUT2D eigenvalue weighted by Crippen LogP contribution is -2.22. The van der Waals surface area contributed by atoms with E-state index in [0.29, 0.717) is 12.2 Å². The van der Waals surface area contributed by atoms with Crippen LogP contribution in [0.4, 0.5) is 0 Å². The first kappa shape index (κ1) is 17.7. The Labute approximate surface area is 130 Å². The van der Waals surface area contributed by atoms with Crippen LogP contribution in [0.1, 0.15) is 65.7 Å². The van der Waals surface area contributed by atoms with Crippen molar-refractivity contribution in [2.45, 2.75) is 65.7 Å². The molecule has 1 unspecified atom stereocenters. The Balaban J connectivity index is 2.26. The fourth-order valence-electron chi connectivity index (χ4n) is 2.53. The Kier molecular flexibility index (Phi) is 6.94. The van der Waals surface area contributed by atoms with Crippen LogP contribution in [0.5, 0.6) is 0 Å². The molecule has 118 valence electrons. The van der Waals surface area contributed by atoms with E-state index in [1.165, 1.54) is 24.8 Å². The zero-order chi connectivity index (χ0) is 15.9. The van der Waals surface area contributed by atoms with Crippen LogP contribution in [0.15, 0.2) is 36.6 Å². The molecule has 1 rings (SSSR count). The zero-order valence-electron chi connectivity index (χ0n) is 13.9. The van der Waals surface area contributed by atoms with Gasteiger partial charge in [-0.2, -0.15) is 0 Å². The van der Waals surface area contributed by atoms with Crippen LogP contribution in [-0.2, 0) is 9.53 Å². The summed E-state index contributed by atoms with van der Waals surface area (Å²) in [6.45, 7) is 13.2. The van der Waals surface area contributed by atoms with Crippen LogP contribution in [0.2, 0.25) is 0 Å². The number of hydrogen-bond donors (Lipinski definition) is 0. The molecule has 21 heavy (non-hydrogen) atoms. The van der Waals surface area contributed by atoms with Crippen molar-refractivity contribution in [2.75, 3.05) is 0 Å². The molecular formula is C19H30O2. The molecule has 0 saturated carbocycles. The molecule has 1 aliphatic rings. The minimum Gasteiger partial charge on any atom is -0.431 e. The van der Waals surface area contributed by atoms with Crippen LogP contribution in [0.25, 0.3) is 0 Å². The van der Waals surface area contributed by atoms with E-state index < -0.39 is 5.41 Å². The summed E-state index contributed by atoms with van der Waals surface area (Å²) in [5.41, 5.74) is 0.899. The summed E-state index contributed by atoms with van der Waals surface area (Å²) in [5, 5.41) is 0. The van der Waals surface area contributed by atoms with Crippen LogP contribution in [-0.4, -0.2) is 5.97 Å². The molecule has 0 radical (unpaired) electrons. The number of carbonyl (C=O) groups excluding carboxylic acids is 1. The number of hydrogen-bond acceptors (Lipinski definition) is 2. The molecule has 0 N–H and O–H groups in total. The number of ether oxygens (including phenoxy) is 1. The van der Waals surface area contributed by atoms with Gasteiger partial charge in [0.2, 0.25) is 0 Å². The van der Waals surface area contributed by atoms with Crippen molar-refractivity contribution in [2.24, 2.45) is 11.3 Å². The number of unbranched alkanes of at least 4 members (excludes halogenated alkanes) is 2. The molecule has 0 fully saturated rings. The van der Waals surface area contributed by atoms with Gasteiger partial charge in [0.25, 0.3) is 0 Å². The molecule has 0 bridgehead atoms. The summed E-state index contributed by atoms with van der Waals surface area (Å²) >= 11 is 0. The van der Waals surface area contributed by atoms with Gasteiger partial charge < -0.3 is 4.74 Å². The standard InChI is InChI=1S/C19H30O2/c1-6-7-8-9-10-16-11-12-17(14-16)13-15(2)21-18(20)19(3,4)5/h6,12,16H,1-2,7-11,13-14H2,3-5H3. The number of esters is 1. The highest BCUT2D eigenvalue weighted by atomic mass is 16.5.